The summed E-state index contributed by atoms with van der Waals surface area (Å²) < 4.78 is 5.76. The van der Waals surface area contributed by atoms with Crippen molar-refractivity contribution in [2.75, 3.05) is 31.6 Å². The zero-order chi connectivity index (χ0) is 16.2. The quantitative estimate of drug-likeness (QED) is 0.897. The minimum Gasteiger partial charge on any atom is -0.493 e. The summed E-state index contributed by atoms with van der Waals surface area (Å²) in [5, 5.41) is 5.91. The molecule has 2 aliphatic rings. The maximum atomic E-state index is 12.0. The number of hydrogen-bond acceptors (Lipinski definition) is 4. The number of nitrogens with one attached hydrogen (secondary N) is 2. The van der Waals surface area contributed by atoms with E-state index in [1.807, 2.05) is 25.1 Å². The molecular formula is C17H22N4O2. The van der Waals surface area contributed by atoms with Crippen molar-refractivity contribution in [2.45, 2.75) is 19.4 Å². The Bertz CT molecular complexity index is 646. The first-order valence-electron chi connectivity index (χ1n) is 7.94. The van der Waals surface area contributed by atoms with Gasteiger partial charge in [-0.05, 0) is 30.7 Å². The summed E-state index contributed by atoms with van der Waals surface area (Å²) in [5.41, 5.74) is 3.17. The van der Waals surface area contributed by atoms with Gasteiger partial charge in [-0.25, -0.2) is 4.79 Å². The highest BCUT2D eigenvalue weighted by atomic mass is 16.5. The molecule has 23 heavy (non-hydrogen) atoms. The van der Waals surface area contributed by atoms with Crippen molar-refractivity contribution < 1.29 is 9.53 Å². The Balaban J connectivity index is 1.94. The molecule has 0 aromatic heterocycles. The molecule has 0 saturated heterocycles. The van der Waals surface area contributed by atoms with Gasteiger partial charge >= 0.3 is 6.03 Å². The van der Waals surface area contributed by atoms with E-state index in [4.69, 9.17) is 4.74 Å². The Hall–Kier alpha value is -2.50. The molecule has 0 aliphatic carbocycles. The minimum absolute atomic E-state index is 0.111. The Morgan fingerprint density at radius 2 is 2.43 bits per heavy atom. The molecule has 2 amide bonds. The van der Waals surface area contributed by atoms with Crippen LogP contribution in [0.15, 0.2) is 29.3 Å². The predicted octanol–water partition coefficient (Wildman–Crippen LogP) is 2.02. The molecule has 2 N–H and O–H groups in total. The van der Waals surface area contributed by atoms with E-state index in [1.165, 1.54) is 5.57 Å². The first-order chi connectivity index (χ1) is 11.2. The van der Waals surface area contributed by atoms with Crippen molar-refractivity contribution in [1.82, 2.24) is 10.6 Å². The molecule has 0 spiro atoms. The Labute approximate surface area is 136 Å². The molecule has 0 radical (unpaired) electrons. The summed E-state index contributed by atoms with van der Waals surface area (Å²) in [5.74, 6) is 0.873. The van der Waals surface area contributed by atoms with Crippen LogP contribution in [0.2, 0.25) is 0 Å². The number of nitrogens with zero attached hydrogens (tertiary/aromatic N) is 2. The number of fused-ring (bicyclic) bond motifs is 1. The van der Waals surface area contributed by atoms with Gasteiger partial charge in [0, 0.05) is 31.3 Å². The van der Waals surface area contributed by atoms with Crippen molar-refractivity contribution in [3.8, 4) is 5.75 Å². The van der Waals surface area contributed by atoms with Gasteiger partial charge in [0.25, 0.3) is 0 Å². The third-order valence-corrected chi connectivity index (χ3v) is 4.11. The Morgan fingerprint density at radius 1 is 1.57 bits per heavy atom. The highest BCUT2D eigenvalue weighted by molar-refractivity contribution is 5.92. The average Bonchev–Trinajstić information content (AvgIpc) is 3.09. The number of carbonyl (C=O) groups excluding carboxylic acids is 1. The fraction of sp³-hybridized carbons (Fsp3) is 0.412. The van der Waals surface area contributed by atoms with Gasteiger partial charge in [-0.15, -0.1) is 0 Å². The standard InChI is InChI=1S/C17H22N4O2/c1-3-21(17(22)18-2)14-4-5-16-15(9-14)12(6-7-23-16)8-13-10-19-11-20-13/h4-5,8-9,11,13H,3,6-7,10H2,1-2H3,(H,18,22)(H,19,20)/b12-8+. The largest absolute Gasteiger partial charge is 0.493 e. The number of amides is 2. The van der Waals surface area contributed by atoms with Gasteiger partial charge in [0.2, 0.25) is 0 Å². The number of carbonyl (C=O) groups is 1. The van der Waals surface area contributed by atoms with Gasteiger partial charge in [-0.1, -0.05) is 6.08 Å². The zero-order valence-electron chi connectivity index (χ0n) is 13.5. The number of aliphatic imine (C=N–C) groups is 1. The Kier molecular flexibility index (Phi) is 4.50. The van der Waals surface area contributed by atoms with Crippen LogP contribution in [0.1, 0.15) is 18.9 Å². The second-order valence-corrected chi connectivity index (χ2v) is 5.54. The van der Waals surface area contributed by atoms with E-state index in [-0.39, 0.29) is 12.1 Å². The molecule has 1 aromatic rings. The van der Waals surface area contributed by atoms with Crippen molar-refractivity contribution in [3.63, 3.8) is 0 Å². The van der Waals surface area contributed by atoms with E-state index in [1.54, 1.807) is 18.3 Å². The first kappa shape index (κ1) is 15.4. The number of hydrogen-bond donors (Lipinski definition) is 2. The first-order valence-corrected chi connectivity index (χ1v) is 7.94. The van der Waals surface area contributed by atoms with Crippen LogP contribution in [0.25, 0.3) is 5.57 Å². The van der Waals surface area contributed by atoms with E-state index < -0.39 is 0 Å². The van der Waals surface area contributed by atoms with E-state index in [0.717, 1.165) is 30.0 Å². The summed E-state index contributed by atoms with van der Waals surface area (Å²) >= 11 is 0. The van der Waals surface area contributed by atoms with Gasteiger partial charge in [0.05, 0.1) is 25.5 Å². The topological polar surface area (TPSA) is 66.0 Å². The number of rotatable bonds is 3. The van der Waals surface area contributed by atoms with Crippen LogP contribution in [0, 0.1) is 0 Å². The molecule has 2 aliphatic heterocycles. The van der Waals surface area contributed by atoms with Gasteiger partial charge in [-0.3, -0.25) is 9.89 Å². The minimum atomic E-state index is -0.111. The molecule has 0 fully saturated rings. The van der Waals surface area contributed by atoms with Crippen LogP contribution in [0.5, 0.6) is 5.75 Å². The highest BCUT2D eigenvalue weighted by Gasteiger charge is 2.20. The summed E-state index contributed by atoms with van der Waals surface area (Å²) in [4.78, 5) is 17.9. The number of ether oxygens (including phenoxy) is 1. The number of urea groups is 1. The highest BCUT2D eigenvalue weighted by Crippen LogP contribution is 2.36. The monoisotopic (exact) mass is 314 g/mol. The van der Waals surface area contributed by atoms with E-state index in [2.05, 4.69) is 21.7 Å². The zero-order valence-corrected chi connectivity index (χ0v) is 13.5. The lowest BCUT2D eigenvalue weighted by atomic mass is 9.97. The summed E-state index contributed by atoms with van der Waals surface area (Å²) in [6.45, 7) is 4.01. The van der Waals surface area contributed by atoms with Crippen LogP contribution < -0.4 is 20.3 Å². The summed E-state index contributed by atoms with van der Waals surface area (Å²) in [6, 6.07) is 6.04. The smallest absolute Gasteiger partial charge is 0.321 e. The van der Waals surface area contributed by atoms with Crippen LogP contribution >= 0.6 is 0 Å². The molecule has 0 saturated carbocycles. The second-order valence-electron chi connectivity index (χ2n) is 5.54. The molecule has 3 rings (SSSR count). The molecule has 122 valence electrons. The molecule has 0 bridgehead atoms. The molecular weight excluding hydrogens is 292 g/mol. The van der Waals surface area contributed by atoms with E-state index in [0.29, 0.717) is 13.2 Å². The lowest BCUT2D eigenvalue weighted by Crippen LogP contribution is -2.38. The van der Waals surface area contributed by atoms with Crippen molar-refractivity contribution in [3.05, 3.63) is 29.8 Å². The predicted molar refractivity (Wildman–Crippen MR) is 92.3 cm³/mol. The maximum absolute atomic E-state index is 12.0. The lowest BCUT2D eigenvalue weighted by molar-refractivity contribution is 0.248. The molecule has 2 heterocycles. The third-order valence-electron chi connectivity index (χ3n) is 4.11. The third kappa shape index (κ3) is 3.16. The van der Waals surface area contributed by atoms with Crippen LogP contribution in [-0.4, -0.2) is 45.2 Å². The van der Waals surface area contributed by atoms with Crippen molar-refractivity contribution in [1.29, 1.82) is 0 Å². The SMILES string of the molecule is CCN(C(=O)NC)c1ccc2c(c1)/C(=C/C1CN=CN1)CCO2. The molecule has 1 unspecified atom stereocenters. The van der Waals surface area contributed by atoms with Crippen LogP contribution in [0.3, 0.4) is 0 Å². The maximum Gasteiger partial charge on any atom is 0.321 e. The molecule has 1 aromatic carbocycles. The van der Waals surface area contributed by atoms with Gasteiger partial charge < -0.3 is 15.4 Å². The van der Waals surface area contributed by atoms with E-state index >= 15 is 0 Å². The molecule has 6 nitrogen and oxygen atoms in total. The van der Waals surface area contributed by atoms with Gasteiger partial charge in [0.1, 0.15) is 5.75 Å². The van der Waals surface area contributed by atoms with Crippen LogP contribution in [-0.2, 0) is 0 Å². The fourth-order valence-electron chi connectivity index (χ4n) is 2.93. The van der Waals surface area contributed by atoms with Crippen molar-refractivity contribution >= 4 is 23.6 Å². The molecule has 6 heteroatoms. The molecule has 1 atom stereocenters. The summed E-state index contributed by atoms with van der Waals surface area (Å²) in [7, 11) is 1.64. The Morgan fingerprint density at radius 3 is 3.13 bits per heavy atom. The fourth-order valence-corrected chi connectivity index (χ4v) is 2.93. The van der Waals surface area contributed by atoms with Crippen LogP contribution in [0.4, 0.5) is 10.5 Å². The number of anilines is 1. The van der Waals surface area contributed by atoms with E-state index in [9.17, 15) is 4.79 Å². The summed E-state index contributed by atoms with van der Waals surface area (Å²) in [6.07, 6.45) is 4.83. The average molecular weight is 314 g/mol. The van der Waals surface area contributed by atoms with Crippen molar-refractivity contribution in [2.24, 2.45) is 4.99 Å². The van der Waals surface area contributed by atoms with Gasteiger partial charge in [0.15, 0.2) is 0 Å². The lowest BCUT2D eigenvalue weighted by Gasteiger charge is -2.25. The number of benzene rings is 1. The van der Waals surface area contributed by atoms with Gasteiger partial charge in [-0.2, -0.15) is 0 Å². The second kappa shape index (κ2) is 6.73. The normalized spacial score (nSPS) is 20.6.